The van der Waals surface area contributed by atoms with Gasteiger partial charge in [-0.2, -0.15) is 26.3 Å². The molecular weight excluding hydrogens is 392 g/mol. The lowest BCUT2D eigenvalue weighted by atomic mass is 10.0. The van der Waals surface area contributed by atoms with Gasteiger partial charge in [0.25, 0.3) is 0 Å². The SMILES string of the molecule is CC(Br)=Cn1cnc(-c2cc(C(F)(F)F)cc(C(F)(F)F)c2)n1. The molecule has 0 unspecified atom stereocenters. The Balaban J connectivity index is 2.57. The lowest BCUT2D eigenvalue weighted by Gasteiger charge is -2.13. The average Bonchev–Trinajstić information content (AvgIpc) is 2.83. The van der Waals surface area contributed by atoms with Crippen molar-refractivity contribution in [3.05, 3.63) is 40.1 Å². The highest BCUT2D eigenvalue weighted by Gasteiger charge is 2.37. The Hall–Kier alpha value is -1.84. The van der Waals surface area contributed by atoms with Crippen LogP contribution in [0.4, 0.5) is 26.3 Å². The predicted molar refractivity (Wildman–Crippen MR) is 74.3 cm³/mol. The number of allylic oxidation sites excluding steroid dienone is 1. The van der Waals surface area contributed by atoms with Crippen LogP contribution in [0.25, 0.3) is 17.6 Å². The lowest BCUT2D eigenvalue weighted by molar-refractivity contribution is -0.143. The third kappa shape index (κ3) is 4.34. The quantitative estimate of drug-likeness (QED) is 0.650. The zero-order valence-corrected chi connectivity index (χ0v) is 13.0. The lowest BCUT2D eigenvalue weighted by Crippen LogP contribution is -2.11. The van der Waals surface area contributed by atoms with Gasteiger partial charge in [0.1, 0.15) is 6.33 Å². The molecule has 1 aromatic carbocycles. The molecule has 1 aromatic heterocycles. The van der Waals surface area contributed by atoms with E-state index in [1.807, 2.05) is 0 Å². The summed E-state index contributed by atoms with van der Waals surface area (Å²) in [5.41, 5.74) is -3.19. The smallest absolute Gasteiger partial charge is 0.227 e. The highest BCUT2D eigenvalue weighted by atomic mass is 79.9. The van der Waals surface area contributed by atoms with Gasteiger partial charge < -0.3 is 0 Å². The first kappa shape index (κ1) is 17.5. The van der Waals surface area contributed by atoms with Crippen LogP contribution in [-0.2, 0) is 12.4 Å². The molecule has 0 amide bonds. The van der Waals surface area contributed by atoms with Crippen molar-refractivity contribution in [2.24, 2.45) is 0 Å². The van der Waals surface area contributed by atoms with Crippen molar-refractivity contribution in [2.45, 2.75) is 19.3 Å². The molecule has 2 aromatic rings. The van der Waals surface area contributed by atoms with Gasteiger partial charge in [-0.15, -0.1) is 5.10 Å². The van der Waals surface area contributed by atoms with Gasteiger partial charge in [-0.1, -0.05) is 15.9 Å². The molecule has 0 aliphatic carbocycles. The first-order valence-electron chi connectivity index (χ1n) is 6.02. The summed E-state index contributed by atoms with van der Waals surface area (Å²) in [4.78, 5) is 3.74. The number of alkyl halides is 6. The first-order valence-corrected chi connectivity index (χ1v) is 6.81. The van der Waals surface area contributed by atoms with Gasteiger partial charge in [0.05, 0.1) is 11.1 Å². The van der Waals surface area contributed by atoms with Crippen molar-refractivity contribution in [1.82, 2.24) is 14.8 Å². The molecule has 0 N–H and O–H groups in total. The third-order valence-electron chi connectivity index (χ3n) is 2.66. The van der Waals surface area contributed by atoms with E-state index < -0.39 is 23.5 Å². The molecule has 0 aliphatic heterocycles. The first-order chi connectivity index (χ1) is 10.5. The van der Waals surface area contributed by atoms with Gasteiger partial charge in [0, 0.05) is 16.2 Å². The summed E-state index contributed by atoms with van der Waals surface area (Å²) >= 11 is 3.13. The standard InChI is InChI=1S/C13H8BrF6N3/c1-7(14)5-23-6-21-11(22-23)8-2-9(12(15,16)17)4-10(3-8)13(18,19)20/h2-6H,1H3. The Kier molecular flexibility index (Phi) is 4.56. The zero-order valence-electron chi connectivity index (χ0n) is 11.4. The van der Waals surface area contributed by atoms with Crippen LogP contribution in [0, 0.1) is 0 Å². The maximum Gasteiger partial charge on any atom is 0.416 e. The Labute approximate surface area is 134 Å². The molecule has 0 spiro atoms. The third-order valence-corrected chi connectivity index (χ3v) is 2.87. The van der Waals surface area contributed by atoms with Crippen LogP contribution in [0.5, 0.6) is 0 Å². The van der Waals surface area contributed by atoms with Crippen molar-refractivity contribution in [1.29, 1.82) is 0 Å². The maximum absolute atomic E-state index is 12.8. The highest BCUT2D eigenvalue weighted by Crippen LogP contribution is 2.38. The van der Waals surface area contributed by atoms with Crippen LogP contribution in [0.2, 0.25) is 0 Å². The van der Waals surface area contributed by atoms with Gasteiger partial charge in [0.15, 0.2) is 5.82 Å². The minimum absolute atomic E-state index is 0.0586. The summed E-state index contributed by atoms with van der Waals surface area (Å²) in [5.74, 6) is -0.244. The fraction of sp³-hybridized carbons (Fsp3) is 0.231. The van der Waals surface area contributed by atoms with Crippen LogP contribution in [0.15, 0.2) is 29.0 Å². The van der Waals surface area contributed by atoms with Gasteiger partial charge in [-0.05, 0) is 25.1 Å². The minimum atomic E-state index is -4.91. The summed E-state index contributed by atoms with van der Waals surface area (Å²) in [6.45, 7) is 1.67. The molecule has 3 nitrogen and oxygen atoms in total. The average molecular weight is 400 g/mol. The molecule has 124 valence electrons. The summed E-state index contributed by atoms with van der Waals surface area (Å²) in [7, 11) is 0. The van der Waals surface area contributed by atoms with E-state index in [2.05, 4.69) is 26.0 Å². The number of rotatable bonds is 2. The molecule has 0 radical (unpaired) electrons. The largest absolute Gasteiger partial charge is 0.416 e. The molecule has 1 heterocycles. The Morgan fingerprint density at radius 3 is 2.00 bits per heavy atom. The van der Waals surface area contributed by atoms with Crippen molar-refractivity contribution < 1.29 is 26.3 Å². The molecule has 0 aliphatic rings. The number of hydrogen-bond donors (Lipinski definition) is 0. The topological polar surface area (TPSA) is 30.7 Å². The summed E-state index contributed by atoms with van der Waals surface area (Å²) in [5, 5.41) is 3.83. The summed E-state index contributed by atoms with van der Waals surface area (Å²) in [6.07, 6.45) is -7.20. The second-order valence-electron chi connectivity index (χ2n) is 4.56. The Morgan fingerprint density at radius 2 is 1.57 bits per heavy atom. The minimum Gasteiger partial charge on any atom is -0.227 e. The highest BCUT2D eigenvalue weighted by molar-refractivity contribution is 9.11. The van der Waals surface area contributed by atoms with Gasteiger partial charge in [-0.3, -0.25) is 0 Å². The molecule has 2 rings (SSSR count). The molecule has 0 bridgehead atoms. The predicted octanol–water partition coefficient (Wildman–Crippen LogP) is 5.20. The molecule has 0 atom stereocenters. The van der Waals surface area contributed by atoms with Gasteiger partial charge in [-0.25, -0.2) is 9.67 Å². The van der Waals surface area contributed by atoms with Crippen molar-refractivity contribution >= 4 is 22.1 Å². The van der Waals surface area contributed by atoms with E-state index in [9.17, 15) is 26.3 Å². The second-order valence-corrected chi connectivity index (χ2v) is 5.81. The fourth-order valence-electron chi connectivity index (χ4n) is 1.74. The van der Waals surface area contributed by atoms with E-state index in [4.69, 9.17) is 0 Å². The molecular formula is C13H8BrF6N3. The van der Waals surface area contributed by atoms with E-state index in [-0.39, 0.29) is 17.5 Å². The normalized spacial score (nSPS) is 13.5. The van der Waals surface area contributed by atoms with E-state index >= 15 is 0 Å². The van der Waals surface area contributed by atoms with E-state index in [1.54, 1.807) is 6.92 Å². The van der Waals surface area contributed by atoms with Gasteiger partial charge >= 0.3 is 12.4 Å². The van der Waals surface area contributed by atoms with Crippen molar-refractivity contribution in [3.63, 3.8) is 0 Å². The maximum atomic E-state index is 12.8. The second kappa shape index (κ2) is 5.99. The van der Waals surface area contributed by atoms with E-state index in [0.29, 0.717) is 16.6 Å². The summed E-state index contributed by atoms with van der Waals surface area (Å²) < 4.78 is 78.6. The van der Waals surface area contributed by atoms with E-state index in [0.717, 1.165) is 0 Å². The van der Waals surface area contributed by atoms with Crippen LogP contribution < -0.4 is 0 Å². The Morgan fingerprint density at radius 1 is 1.04 bits per heavy atom. The van der Waals surface area contributed by atoms with Crippen molar-refractivity contribution in [3.8, 4) is 11.4 Å². The molecule has 0 saturated heterocycles. The molecule has 10 heteroatoms. The molecule has 0 fully saturated rings. The molecule has 0 saturated carbocycles. The van der Waals surface area contributed by atoms with Crippen LogP contribution in [0.1, 0.15) is 18.1 Å². The van der Waals surface area contributed by atoms with Crippen LogP contribution in [-0.4, -0.2) is 14.8 Å². The number of aromatic nitrogens is 3. The zero-order chi connectivity index (χ0) is 17.4. The van der Waals surface area contributed by atoms with E-state index in [1.165, 1.54) is 17.2 Å². The Bertz CT molecular complexity index is 709. The van der Waals surface area contributed by atoms with Gasteiger partial charge in [0.2, 0.25) is 0 Å². The number of nitrogens with zero attached hydrogens (tertiary/aromatic N) is 3. The van der Waals surface area contributed by atoms with Crippen LogP contribution in [0.3, 0.4) is 0 Å². The fourth-order valence-corrected chi connectivity index (χ4v) is 1.95. The number of halogens is 7. The number of benzene rings is 1. The van der Waals surface area contributed by atoms with Crippen LogP contribution >= 0.6 is 15.9 Å². The number of hydrogen-bond acceptors (Lipinski definition) is 2. The molecule has 23 heavy (non-hydrogen) atoms. The monoisotopic (exact) mass is 399 g/mol. The summed E-state index contributed by atoms with van der Waals surface area (Å²) in [6, 6.07) is 1.22. The van der Waals surface area contributed by atoms with Crippen molar-refractivity contribution in [2.75, 3.05) is 0 Å².